The number of likely N-dealkylation sites (N-methyl/N-ethyl adjacent to an activating group) is 1. The van der Waals surface area contributed by atoms with Gasteiger partial charge in [-0.2, -0.15) is 0 Å². The molecule has 3 saturated carbocycles. The second kappa shape index (κ2) is 11.3. The molecule has 4 aliphatic carbocycles. The average molecular weight is 598 g/mol. The Kier molecular flexibility index (Phi) is 8.28. The highest BCUT2D eigenvalue weighted by molar-refractivity contribution is 6.18. The highest BCUT2D eigenvalue weighted by atomic mass is 16.5. The van der Waals surface area contributed by atoms with Gasteiger partial charge in [0.25, 0.3) is 0 Å². The number of ketones is 3. The molecule has 236 valence electrons. The van der Waals surface area contributed by atoms with Gasteiger partial charge in [0.1, 0.15) is 23.0 Å². The van der Waals surface area contributed by atoms with Crippen molar-refractivity contribution in [1.29, 1.82) is 0 Å². The van der Waals surface area contributed by atoms with Gasteiger partial charge in [-0.3, -0.25) is 29.0 Å². The maximum absolute atomic E-state index is 14.4. The third-order valence-corrected chi connectivity index (χ3v) is 10.1. The molecule has 0 saturated heterocycles. The first-order chi connectivity index (χ1) is 20.1. The Morgan fingerprint density at radius 3 is 2.37 bits per heavy atom. The molecule has 1 aromatic rings. The zero-order valence-electron chi connectivity index (χ0n) is 26.6. The summed E-state index contributed by atoms with van der Waals surface area (Å²) in [5, 5.41) is 11.3. The lowest BCUT2D eigenvalue weighted by Crippen LogP contribution is -2.70. The van der Waals surface area contributed by atoms with Crippen molar-refractivity contribution in [2.24, 2.45) is 40.7 Å². The van der Waals surface area contributed by atoms with Gasteiger partial charge in [-0.1, -0.05) is 20.8 Å². The molecule has 5 rings (SSSR count). The summed E-state index contributed by atoms with van der Waals surface area (Å²) in [6.07, 6.45) is 2.96. The number of carbonyl (C=O) groups is 4. The Hall–Kier alpha value is -2.82. The predicted molar refractivity (Wildman–Crippen MR) is 160 cm³/mol. The number of nitrogens with zero attached hydrogens (tertiary/aromatic N) is 2. The highest BCUT2D eigenvalue weighted by Gasteiger charge is 2.65. The fraction of sp³-hybridized carbons (Fsp3) is 0.697. The number of phenolic OH excluding ortho intramolecular Hbond substituents is 1. The van der Waals surface area contributed by atoms with Gasteiger partial charge in [0.15, 0.2) is 17.3 Å². The van der Waals surface area contributed by atoms with Crippen LogP contribution in [-0.2, 0) is 32.1 Å². The number of aromatic hydroxyl groups is 1. The van der Waals surface area contributed by atoms with Crippen molar-refractivity contribution in [3.63, 3.8) is 0 Å². The van der Waals surface area contributed by atoms with Crippen molar-refractivity contribution < 1.29 is 33.8 Å². The number of amides is 1. The van der Waals surface area contributed by atoms with Crippen LogP contribution < -0.4 is 10.5 Å². The lowest BCUT2D eigenvalue weighted by atomic mass is 9.52. The van der Waals surface area contributed by atoms with Gasteiger partial charge >= 0.3 is 0 Å². The molecular weight excluding hydrogens is 550 g/mol. The quantitative estimate of drug-likeness (QED) is 0.411. The zero-order valence-corrected chi connectivity index (χ0v) is 26.6. The molecule has 6 atom stereocenters. The summed E-state index contributed by atoms with van der Waals surface area (Å²) in [7, 11) is 6.45. The molecule has 0 aromatic heterocycles. The molecule has 1 aromatic carbocycles. The summed E-state index contributed by atoms with van der Waals surface area (Å²) in [5.74, 6) is -4.19. The van der Waals surface area contributed by atoms with Crippen molar-refractivity contribution in [3.8, 4) is 11.5 Å². The van der Waals surface area contributed by atoms with E-state index in [1.807, 2.05) is 0 Å². The molecular formula is C33H47N3O7. The SMILES string of the molecule is COc1c(CN(CC2CC2)CC(C)(C)C)cc(O)c2c1CC1CC3C(N(C)C)C(=O)C(C(N)=O)CC3(OC)C(=O)C1C2=O. The Bertz CT molecular complexity index is 1330. The van der Waals surface area contributed by atoms with Crippen molar-refractivity contribution in [2.75, 3.05) is 41.4 Å². The van der Waals surface area contributed by atoms with Gasteiger partial charge < -0.3 is 20.3 Å². The molecule has 6 unspecified atom stereocenters. The van der Waals surface area contributed by atoms with Crippen LogP contribution in [0, 0.1) is 35.0 Å². The summed E-state index contributed by atoms with van der Waals surface area (Å²) < 4.78 is 11.9. The minimum absolute atomic E-state index is 0.0752. The smallest absolute Gasteiger partial charge is 0.228 e. The monoisotopic (exact) mass is 597 g/mol. The van der Waals surface area contributed by atoms with Gasteiger partial charge in [-0.15, -0.1) is 0 Å². The number of fused-ring (bicyclic) bond motifs is 3. The first kappa shape index (κ1) is 31.6. The number of ether oxygens (including phenoxy) is 2. The zero-order chi connectivity index (χ0) is 31.6. The van der Waals surface area contributed by atoms with Crippen molar-refractivity contribution in [3.05, 3.63) is 22.8 Å². The van der Waals surface area contributed by atoms with Crippen LogP contribution in [0.3, 0.4) is 0 Å². The van der Waals surface area contributed by atoms with Gasteiger partial charge in [-0.05, 0) is 63.1 Å². The maximum atomic E-state index is 14.4. The molecule has 3 fully saturated rings. The number of nitrogens with two attached hydrogens (primary N) is 1. The fourth-order valence-electron chi connectivity index (χ4n) is 8.27. The summed E-state index contributed by atoms with van der Waals surface area (Å²) in [6.45, 7) is 9.02. The number of hydrogen-bond acceptors (Lipinski definition) is 9. The summed E-state index contributed by atoms with van der Waals surface area (Å²) in [4.78, 5) is 58.5. The van der Waals surface area contributed by atoms with Gasteiger partial charge in [0.05, 0.1) is 24.6 Å². The van der Waals surface area contributed by atoms with Crippen LogP contribution in [0.4, 0.5) is 0 Å². The van der Waals surface area contributed by atoms with E-state index in [-0.39, 0.29) is 28.9 Å². The van der Waals surface area contributed by atoms with Gasteiger partial charge in [-0.25, -0.2) is 0 Å². The standard InChI is InChI=1S/C33H47N3O7/c1-32(2,3)16-36(14-17-8-9-17)15-19-12-23(37)25-20(29(19)42-6)10-18-11-22-26(35(4)5)27(38)21(31(34)41)13-33(22,43-7)30(40)24(18)28(25)39/h12,17-18,21-22,24,26,37H,8-11,13-16H2,1-7H3,(H2,34,41). The van der Waals surface area contributed by atoms with E-state index in [4.69, 9.17) is 15.2 Å². The molecule has 4 aliphatic rings. The number of Topliss-reactive ketones (excluding diaryl/α,β-unsaturated/α-hetero) is 3. The van der Waals surface area contributed by atoms with E-state index < -0.39 is 52.8 Å². The Labute approximate surface area is 254 Å². The van der Waals surface area contributed by atoms with Crippen LogP contribution in [0.1, 0.15) is 67.9 Å². The summed E-state index contributed by atoms with van der Waals surface area (Å²) in [5.41, 5.74) is 5.72. The van der Waals surface area contributed by atoms with Crippen LogP contribution in [-0.4, -0.2) is 91.2 Å². The van der Waals surface area contributed by atoms with Crippen LogP contribution in [0.15, 0.2) is 6.07 Å². The predicted octanol–water partition coefficient (Wildman–Crippen LogP) is 2.61. The van der Waals surface area contributed by atoms with Crippen LogP contribution in [0.2, 0.25) is 0 Å². The molecule has 43 heavy (non-hydrogen) atoms. The number of hydrogen-bond donors (Lipinski definition) is 2. The topological polar surface area (TPSA) is 139 Å². The molecule has 10 nitrogen and oxygen atoms in total. The Balaban J connectivity index is 1.56. The maximum Gasteiger partial charge on any atom is 0.228 e. The first-order valence-corrected chi connectivity index (χ1v) is 15.4. The molecule has 0 heterocycles. The molecule has 1 amide bonds. The molecule has 0 bridgehead atoms. The summed E-state index contributed by atoms with van der Waals surface area (Å²) >= 11 is 0. The van der Waals surface area contributed by atoms with Crippen molar-refractivity contribution >= 4 is 23.3 Å². The molecule has 0 aliphatic heterocycles. The average Bonchev–Trinajstić information content (AvgIpc) is 3.71. The summed E-state index contributed by atoms with van der Waals surface area (Å²) in [6, 6.07) is 0.841. The van der Waals surface area contributed by atoms with Crippen LogP contribution in [0.5, 0.6) is 11.5 Å². The number of phenols is 1. The second-order valence-electron chi connectivity index (χ2n) is 14.7. The second-order valence-corrected chi connectivity index (χ2v) is 14.7. The van der Waals surface area contributed by atoms with E-state index in [1.54, 1.807) is 32.2 Å². The Morgan fingerprint density at radius 2 is 1.84 bits per heavy atom. The fourth-order valence-corrected chi connectivity index (χ4v) is 8.27. The lowest BCUT2D eigenvalue weighted by Gasteiger charge is -2.55. The normalized spacial score (nSPS) is 30.7. The number of primary amides is 1. The van der Waals surface area contributed by atoms with Crippen LogP contribution in [0.25, 0.3) is 0 Å². The molecule has 10 heteroatoms. The highest BCUT2D eigenvalue weighted by Crippen LogP contribution is 2.54. The lowest BCUT2D eigenvalue weighted by molar-refractivity contribution is -0.182. The molecule has 0 radical (unpaired) electrons. The van der Waals surface area contributed by atoms with E-state index in [0.717, 1.165) is 18.7 Å². The minimum Gasteiger partial charge on any atom is -0.507 e. The Morgan fingerprint density at radius 1 is 1.16 bits per heavy atom. The van der Waals surface area contributed by atoms with Gasteiger partial charge in [0.2, 0.25) is 5.91 Å². The molecule has 3 N–H and O–H groups in total. The number of carbonyl (C=O) groups excluding carboxylic acids is 4. The van der Waals surface area contributed by atoms with E-state index in [2.05, 4.69) is 25.7 Å². The van der Waals surface area contributed by atoms with Gasteiger partial charge in [0, 0.05) is 50.2 Å². The van der Waals surface area contributed by atoms with Crippen molar-refractivity contribution in [2.45, 2.75) is 71.1 Å². The number of methoxy groups -OCH3 is 2. The molecule has 0 spiro atoms. The van der Waals surface area contributed by atoms with E-state index in [0.29, 0.717) is 36.6 Å². The minimum atomic E-state index is -1.52. The largest absolute Gasteiger partial charge is 0.507 e. The third kappa shape index (κ3) is 5.51. The van der Waals surface area contributed by atoms with Crippen LogP contribution >= 0.6 is 0 Å². The van der Waals surface area contributed by atoms with Crippen molar-refractivity contribution in [1.82, 2.24) is 9.80 Å². The van der Waals surface area contributed by atoms with E-state index in [1.165, 1.54) is 20.0 Å². The van der Waals surface area contributed by atoms with E-state index in [9.17, 15) is 24.3 Å². The number of benzene rings is 1. The van der Waals surface area contributed by atoms with E-state index >= 15 is 0 Å². The first-order valence-electron chi connectivity index (χ1n) is 15.4. The third-order valence-electron chi connectivity index (χ3n) is 10.1. The number of rotatable bonds is 9.